The van der Waals surface area contributed by atoms with E-state index in [2.05, 4.69) is 0 Å². The zero-order valence-corrected chi connectivity index (χ0v) is 8.46. The van der Waals surface area contributed by atoms with Gasteiger partial charge in [0.05, 0.1) is 0 Å². The molecule has 0 heterocycles. The minimum Gasteiger partial charge on any atom is -0.465 e. The summed E-state index contributed by atoms with van der Waals surface area (Å²) in [6.45, 7) is 0. The van der Waals surface area contributed by atoms with Crippen molar-refractivity contribution in [3.8, 4) is 0 Å². The Kier molecular flexibility index (Phi) is 4.52. The van der Waals surface area contributed by atoms with Gasteiger partial charge < -0.3 is 10.2 Å². The standard InChI is InChI=1S/C4H6F3N3O6S/c5-4(6,7)17(15,16)10-1(8-2(11)12)9-3(13)14/h1,8-10H,(H,11,12)(H,13,14). The second-order valence-electron chi connectivity index (χ2n) is 2.40. The van der Waals surface area contributed by atoms with E-state index in [1.807, 2.05) is 0 Å². The molecule has 0 spiro atoms. The molecular formula is C4H6F3N3O6S. The van der Waals surface area contributed by atoms with Crippen LogP contribution in [0.2, 0.25) is 0 Å². The number of halogens is 3. The predicted octanol–water partition coefficient (Wildman–Crippen LogP) is -0.756. The van der Waals surface area contributed by atoms with Crippen molar-refractivity contribution in [1.82, 2.24) is 15.4 Å². The average Bonchev–Trinajstić information content (AvgIpc) is 1.96. The minimum absolute atomic E-state index is 0.759. The number of sulfonamides is 1. The van der Waals surface area contributed by atoms with Crippen LogP contribution in [-0.4, -0.2) is 42.6 Å². The summed E-state index contributed by atoms with van der Waals surface area (Å²) >= 11 is 0. The molecule has 0 aliphatic heterocycles. The first-order valence-electron chi connectivity index (χ1n) is 3.53. The van der Waals surface area contributed by atoms with Crippen molar-refractivity contribution in [2.75, 3.05) is 0 Å². The lowest BCUT2D eigenvalue weighted by atomic mass is 10.8. The van der Waals surface area contributed by atoms with Crippen LogP contribution in [0.1, 0.15) is 0 Å². The second kappa shape index (κ2) is 5.05. The summed E-state index contributed by atoms with van der Waals surface area (Å²) < 4.78 is 57.4. The first-order valence-corrected chi connectivity index (χ1v) is 5.01. The smallest absolute Gasteiger partial charge is 0.465 e. The maximum Gasteiger partial charge on any atom is 0.511 e. The first kappa shape index (κ1) is 15.2. The molecule has 100 valence electrons. The molecule has 0 radical (unpaired) electrons. The van der Waals surface area contributed by atoms with E-state index in [0.29, 0.717) is 0 Å². The van der Waals surface area contributed by atoms with Gasteiger partial charge in [-0.15, -0.1) is 0 Å². The Balaban J connectivity index is 4.87. The van der Waals surface area contributed by atoms with Gasteiger partial charge >= 0.3 is 27.7 Å². The van der Waals surface area contributed by atoms with Gasteiger partial charge in [0.2, 0.25) is 0 Å². The lowest BCUT2D eigenvalue weighted by molar-refractivity contribution is -0.0453. The molecule has 0 atom stereocenters. The van der Waals surface area contributed by atoms with E-state index in [1.165, 1.54) is 10.6 Å². The zero-order chi connectivity index (χ0) is 13.9. The molecule has 0 aromatic heterocycles. The number of carbonyl (C=O) groups is 2. The van der Waals surface area contributed by atoms with Crippen molar-refractivity contribution in [3.05, 3.63) is 0 Å². The van der Waals surface area contributed by atoms with Gasteiger partial charge in [-0.25, -0.2) is 18.0 Å². The third kappa shape index (κ3) is 5.21. The van der Waals surface area contributed by atoms with Gasteiger partial charge in [-0.2, -0.15) is 17.9 Å². The summed E-state index contributed by atoms with van der Waals surface area (Å²) in [4.78, 5) is 20.1. The summed E-state index contributed by atoms with van der Waals surface area (Å²) in [6, 6.07) is 0. The molecule has 0 bridgehead atoms. The van der Waals surface area contributed by atoms with E-state index in [-0.39, 0.29) is 0 Å². The van der Waals surface area contributed by atoms with E-state index >= 15 is 0 Å². The molecule has 17 heavy (non-hydrogen) atoms. The summed E-state index contributed by atoms with van der Waals surface area (Å²) in [6.07, 6.45) is -6.24. The fourth-order valence-corrected chi connectivity index (χ4v) is 1.13. The lowest BCUT2D eigenvalue weighted by Crippen LogP contribution is -2.59. The van der Waals surface area contributed by atoms with Crippen LogP contribution < -0.4 is 15.4 Å². The average molecular weight is 281 g/mol. The Morgan fingerprint density at radius 3 is 1.65 bits per heavy atom. The van der Waals surface area contributed by atoms with Gasteiger partial charge in [0, 0.05) is 0 Å². The Morgan fingerprint density at radius 1 is 1.06 bits per heavy atom. The summed E-state index contributed by atoms with van der Waals surface area (Å²) in [7, 11) is -5.89. The maximum absolute atomic E-state index is 11.9. The molecule has 0 saturated carbocycles. The van der Waals surface area contributed by atoms with Crippen LogP contribution in [0.15, 0.2) is 0 Å². The first-order chi connectivity index (χ1) is 7.45. The van der Waals surface area contributed by atoms with Crippen LogP contribution in [-0.2, 0) is 10.0 Å². The highest BCUT2D eigenvalue weighted by molar-refractivity contribution is 7.90. The van der Waals surface area contributed by atoms with Crippen molar-refractivity contribution in [1.29, 1.82) is 0 Å². The highest BCUT2D eigenvalue weighted by Crippen LogP contribution is 2.21. The summed E-state index contributed by atoms with van der Waals surface area (Å²) in [5.41, 5.74) is -5.70. The van der Waals surface area contributed by atoms with Gasteiger partial charge in [0.15, 0.2) is 6.29 Å². The van der Waals surface area contributed by atoms with Crippen molar-refractivity contribution < 1.29 is 41.4 Å². The number of carboxylic acid groups (broad SMARTS) is 2. The van der Waals surface area contributed by atoms with Gasteiger partial charge in [-0.1, -0.05) is 0 Å². The molecule has 0 aromatic rings. The quantitative estimate of drug-likeness (QED) is 0.428. The highest BCUT2D eigenvalue weighted by atomic mass is 32.2. The van der Waals surface area contributed by atoms with E-state index in [9.17, 15) is 31.2 Å². The molecule has 0 fully saturated rings. The molecule has 2 amide bonds. The van der Waals surface area contributed by atoms with Gasteiger partial charge in [0.25, 0.3) is 0 Å². The molecule has 5 N–H and O–H groups in total. The fourth-order valence-electron chi connectivity index (χ4n) is 0.564. The Labute approximate surface area is 91.7 Å². The Morgan fingerprint density at radius 2 is 1.41 bits per heavy atom. The Bertz CT molecular complexity index is 389. The SMILES string of the molecule is O=C(O)NC(NC(=O)O)NS(=O)(=O)C(F)(F)F. The van der Waals surface area contributed by atoms with Crippen LogP contribution in [0.5, 0.6) is 0 Å². The number of rotatable bonds is 4. The number of hydrogen-bond acceptors (Lipinski definition) is 4. The van der Waals surface area contributed by atoms with Crippen LogP contribution in [0, 0.1) is 0 Å². The largest absolute Gasteiger partial charge is 0.511 e. The summed E-state index contributed by atoms with van der Waals surface area (Å²) in [5.74, 6) is 0. The molecule has 0 rings (SSSR count). The minimum atomic E-state index is -5.89. The van der Waals surface area contributed by atoms with Crippen LogP contribution in [0.4, 0.5) is 22.8 Å². The third-order valence-corrected chi connectivity index (χ3v) is 2.27. The molecule has 0 unspecified atom stereocenters. The monoisotopic (exact) mass is 281 g/mol. The van der Waals surface area contributed by atoms with Gasteiger partial charge in [0.1, 0.15) is 0 Å². The number of alkyl halides is 3. The lowest BCUT2D eigenvalue weighted by Gasteiger charge is -2.18. The second-order valence-corrected chi connectivity index (χ2v) is 4.10. The molecular weight excluding hydrogens is 275 g/mol. The Hall–Kier alpha value is -1.76. The zero-order valence-electron chi connectivity index (χ0n) is 7.65. The molecule has 0 aliphatic carbocycles. The van der Waals surface area contributed by atoms with E-state index in [0.717, 1.165) is 4.72 Å². The predicted molar refractivity (Wildman–Crippen MR) is 44.2 cm³/mol. The van der Waals surface area contributed by atoms with E-state index < -0.39 is 34.0 Å². The molecule has 0 saturated heterocycles. The normalized spacial score (nSPS) is 12.2. The third-order valence-electron chi connectivity index (χ3n) is 1.11. The molecule has 0 aliphatic rings. The number of hydrogen-bond donors (Lipinski definition) is 5. The van der Waals surface area contributed by atoms with Gasteiger partial charge in [-0.3, -0.25) is 10.6 Å². The fraction of sp³-hybridized carbons (Fsp3) is 0.500. The molecule has 9 nitrogen and oxygen atoms in total. The summed E-state index contributed by atoms with van der Waals surface area (Å²) in [5, 5.41) is 18.6. The molecule has 13 heteroatoms. The highest BCUT2D eigenvalue weighted by Gasteiger charge is 2.47. The number of amides is 2. The number of nitrogens with one attached hydrogen (secondary N) is 3. The van der Waals surface area contributed by atoms with Crippen LogP contribution in [0.3, 0.4) is 0 Å². The maximum atomic E-state index is 11.9. The van der Waals surface area contributed by atoms with Crippen molar-refractivity contribution in [2.45, 2.75) is 11.8 Å². The van der Waals surface area contributed by atoms with E-state index in [1.54, 1.807) is 0 Å². The van der Waals surface area contributed by atoms with E-state index in [4.69, 9.17) is 10.2 Å². The van der Waals surface area contributed by atoms with Crippen molar-refractivity contribution in [2.24, 2.45) is 0 Å². The van der Waals surface area contributed by atoms with Crippen LogP contribution >= 0.6 is 0 Å². The van der Waals surface area contributed by atoms with Crippen LogP contribution in [0.25, 0.3) is 0 Å². The van der Waals surface area contributed by atoms with Gasteiger partial charge in [-0.05, 0) is 0 Å². The molecule has 0 aromatic carbocycles. The van der Waals surface area contributed by atoms with Crippen molar-refractivity contribution in [3.63, 3.8) is 0 Å². The van der Waals surface area contributed by atoms with Crippen molar-refractivity contribution >= 4 is 22.2 Å². The topological polar surface area (TPSA) is 145 Å².